The summed E-state index contributed by atoms with van der Waals surface area (Å²) in [4.78, 5) is 45.0. The van der Waals surface area contributed by atoms with E-state index >= 15 is 0 Å². The zero-order chi connectivity index (χ0) is 25.5. The number of amides is 2. The number of carbonyl (C=O) groups is 3. The van der Waals surface area contributed by atoms with Crippen LogP contribution < -0.4 is 0 Å². The van der Waals surface area contributed by atoms with Gasteiger partial charge in [-0.15, -0.1) is 24.9 Å². The van der Waals surface area contributed by atoms with Crippen molar-refractivity contribution in [3.63, 3.8) is 0 Å². The lowest BCUT2D eigenvalue weighted by atomic mass is 9.66. The van der Waals surface area contributed by atoms with E-state index in [0.29, 0.717) is 25.8 Å². The maximum Gasteiger partial charge on any atom is 0.311 e. The molecule has 0 saturated carbocycles. The lowest BCUT2D eigenvalue weighted by molar-refractivity contribution is -0.156. The molecule has 3 aliphatic rings. The first-order valence-electron chi connectivity index (χ1n) is 12.3. The van der Waals surface area contributed by atoms with Gasteiger partial charge in [0.05, 0.1) is 35.8 Å². The van der Waals surface area contributed by atoms with E-state index in [-0.39, 0.29) is 31.0 Å². The van der Waals surface area contributed by atoms with E-state index in [2.05, 4.69) is 13.2 Å². The minimum absolute atomic E-state index is 0.146. The second kappa shape index (κ2) is 9.69. The van der Waals surface area contributed by atoms with E-state index in [4.69, 9.17) is 4.74 Å². The monoisotopic (exact) mass is 492 g/mol. The summed E-state index contributed by atoms with van der Waals surface area (Å²) >= 11 is 1.62. The molecule has 1 N–H and O–H groups in total. The first kappa shape index (κ1) is 26.8. The van der Waals surface area contributed by atoms with Gasteiger partial charge in [-0.05, 0) is 53.4 Å². The Labute approximate surface area is 208 Å². The highest BCUT2D eigenvalue weighted by atomic mass is 32.2. The van der Waals surface area contributed by atoms with E-state index in [1.165, 1.54) is 0 Å². The van der Waals surface area contributed by atoms with Crippen LogP contribution in [0.5, 0.6) is 0 Å². The molecule has 1 spiro atoms. The Balaban J connectivity index is 2.11. The predicted molar refractivity (Wildman–Crippen MR) is 134 cm³/mol. The van der Waals surface area contributed by atoms with Crippen LogP contribution in [0.25, 0.3) is 0 Å². The van der Waals surface area contributed by atoms with E-state index in [1.54, 1.807) is 33.7 Å². The second-order valence-corrected chi connectivity index (χ2v) is 12.8. The number of fused-ring (bicyclic) bond motifs is 1. The molecule has 34 heavy (non-hydrogen) atoms. The summed E-state index contributed by atoms with van der Waals surface area (Å²) in [5, 5.41) is 10.2. The Morgan fingerprint density at radius 2 is 2.00 bits per heavy atom. The summed E-state index contributed by atoms with van der Waals surface area (Å²) in [6.07, 6.45) is 5.85. The number of esters is 1. The maximum absolute atomic E-state index is 14.3. The summed E-state index contributed by atoms with van der Waals surface area (Å²) in [6.45, 7) is 17.7. The molecule has 2 bridgehead atoms. The minimum Gasteiger partial charge on any atom is -0.465 e. The van der Waals surface area contributed by atoms with Crippen LogP contribution in [0.3, 0.4) is 0 Å². The van der Waals surface area contributed by atoms with Crippen molar-refractivity contribution in [2.75, 3.05) is 19.8 Å². The van der Waals surface area contributed by atoms with Gasteiger partial charge in [0, 0.05) is 16.8 Å². The van der Waals surface area contributed by atoms with Crippen LogP contribution >= 0.6 is 11.8 Å². The van der Waals surface area contributed by atoms with Gasteiger partial charge in [-0.25, -0.2) is 0 Å². The van der Waals surface area contributed by atoms with Crippen LogP contribution in [-0.4, -0.2) is 79.6 Å². The van der Waals surface area contributed by atoms with E-state index in [0.717, 1.165) is 6.42 Å². The van der Waals surface area contributed by atoms with Gasteiger partial charge in [0.15, 0.2) is 0 Å². The lowest BCUT2D eigenvalue weighted by Gasteiger charge is -2.43. The van der Waals surface area contributed by atoms with Crippen LogP contribution in [0.15, 0.2) is 25.3 Å². The average molecular weight is 493 g/mol. The van der Waals surface area contributed by atoms with Crippen LogP contribution in [0, 0.1) is 11.8 Å². The van der Waals surface area contributed by atoms with Crippen LogP contribution in [0.1, 0.15) is 60.3 Å². The first-order valence-corrected chi connectivity index (χ1v) is 13.1. The molecule has 3 rings (SSSR count). The predicted octanol–water partition coefficient (Wildman–Crippen LogP) is 3.17. The van der Waals surface area contributed by atoms with Crippen molar-refractivity contribution in [2.24, 2.45) is 11.8 Å². The molecule has 6 atom stereocenters. The van der Waals surface area contributed by atoms with Gasteiger partial charge in [-0.1, -0.05) is 19.1 Å². The zero-order valence-corrected chi connectivity index (χ0v) is 22.0. The number of likely N-dealkylation sites (tertiary alicyclic amines) is 1. The van der Waals surface area contributed by atoms with Crippen molar-refractivity contribution < 1.29 is 24.2 Å². The SMILES string of the molecule is C=CCCOC(=O)[C@H]1[C@H]2C(=O)N([C@@H](CC)CO)C(C(=O)N(CC=C)C(C)(C)C)C23CC[C@]1(C)S3. The Morgan fingerprint density at radius 3 is 2.53 bits per heavy atom. The number of nitrogens with zero attached hydrogens (tertiary/aromatic N) is 2. The molecule has 2 amide bonds. The standard InChI is InChI=1S/C26H40N2O5S/c1-8-11-15-33-23(32)19-18-21(30)28(17(10-3)16-29)20(26(18)13-12-25(19,7)34-26)22(31)27(14-9-2)24(4,5)6/h8-9,17-20,29H,1-2,10-16H2,3-7H3/t17-,18-,19+,20?,25-,26?/m0/s1. The zero-order valence-electron chi connectivity index (χ0n) is 21.2. The number of aliphatic hydroxyl groups is 1. The van der Waals surface area contributed by atoms with Gasteiger partial charge >= 0.3 is 5.97 Å². The van der Waals surface area contributed by atoms with Crippen molar-refractivity contribution in [3.8, 4) is 0 Å². The van der Waals surface area contributed by atoms with Crippen LogP contribution in [0.4, 0.5) is 0 Å². The van der Waals surface area contributed by atoms with E-state index < -0.39 is 39.0 Å². The third kappa shape index (κ3) is 4.11. The van der Waals surface area contributed by atoms with E-state index in [9.17, 15) is 19.5 Å². The largest absolute Gasteiger partial charge is 0.465 e. The van der Waals surface area contributed by atoms with Crippen LogP contribution in [-0.2, 0) is 19.1 Å². The number of aliphatic hydroxyl groups excluding tert-OH is 1. The highest BCUT2D eigenvalue weighted by molar-refractivity contribution is 8.02. The molecular formula is C26H40N2O5S. The fourth-order valence-electron chi connectivity index (χ4n) is 6.11. The number of carbonyl (C=O) groups excluding carboxylic acids is 3. The minimum atomic E-state index is -0.751. The molecule has 2 unspecified atom stereocenters. The number of rotatable bonds is 10. The molecule has 3 heterocycles. The molecule has 3 aliphatic heterocycles. The first-order chi connectivity index (χ1) is 15.9. The third-order valence-corrected chi connectivity index (χ3v) is 9.72. The maximum atomic E-state index is 14.3. The summed E-state index contributed by atoms with van der Waals surface area (Å²) in [5.41, 5.74) is -0.482. The fourth-order valence-corrected chi connectivity index (χ4v) is 8.44. The van der Waals surface area contributed by atoms with Crippen molar-refractivity contribution in [3.05, 3.63) is 25.3 Å². The Hall–Kier alpha value is -1.80. The van der Waals surface area contributed by atoms with Crippen molar-refractivity contribution in [2.45, 2.75) is 87.4 Å². The van der Waals surface area contributed by atoms with Crippen LogP contribution in [0.2, 0.25) is 0 Å². The van der Waals surface area contributed by atoms with Crippen molar-refractivity contribution in [1.29, 1.82) is 0 Å². The molecule has 8 heteroatoms. The lowest BCUT2D eigenvalue weighted by Crippen LogP contribution is -2.60. The molecule has 0 aromatic carbocycles. The summed E-state index contributed by atoms with van der Waals surface area (Å²) < 4.78 is 4.38. The number of hydrogen-bond donors (Lipinski definition) is 1. The molecule has 7 nitrogen and oxygen atoms in total. The number of hydrogen-bond acceptors (Lipinski definition) is 6. The highest BCUT2D eigenvalue weighted by Crippen LogP contribution is 2.71. The highest BCUT2D eigenvalue weighted by Gasteiger charge is 2.78. The Morgan fingerprint density at radius 1 is 1.32 bits per heavy atom. The third-order valence-electron chi connectivity index (χ3n) is 7.73. The summed E-state index contributed by atoms with van der Waals surface area (Å²) in [6, 6.07) is -1.24. The molecule has 0 aromatic heterocycles. The molecule has 0 radical (unpaired) electrons. The van der Waals surface area contributed by atoms with Gasteiger partial charge in [0.1, 0.15) is 6.04 Å². The molecule has 190 valence electrons. The molecule has 3 fully saturated rings. The van der Waals surface area contributed by atoms with Gasteiger partial charge in [0.25, 0.3) is 0 Å². The molecular weight excluding hydrogens is 452 g/mol. The average Bonchev–Trinajstić information content (AvgIpc) is 3.33. The topological polar surface area (TPSA) is 87.1 Å². The van der Waals surface area contributed by atoms with Gasteiger partial charge in [-0.3, -0.25) is 14.4 Å². The number of thioether (sulfide) groups is 1. The van der Waals surface area contributed by atoms with Gasteiger partial charge in [0.2, 0.25) is 11.8 Å². The Bertz CT molecular complexity index is 851. The summed E-state index contributed by atoms with van der Waals surface area (Å²) in [7, 11) is 0. The van der Waals surface area contributed by atoms with Crippen molar-refractivity contribution >= 4 is 29.5 Å². The smallest absolute Gasteiger partial charge is 0.311 e. The van der Waals surface area contributed by atoms with Crippen molar-refractivity contribution in [1.82, 2.24) is 9.80 Å². The fraction of sp³-hybridized carbons (Fsp3) is 0.731. The molecule has 0 aliphatic carbocycles. The molecule has 3 saturated heterocycles. The number of ether oxygens (including phenoxy) is 1. The Kier molecular flexibility index (Phi) is 7.63. The second-order valence-electron chi connectivity index (χ2n) is 10.9. The summed E-state index contributed by atoms with van der Waals surface area (Å²) in [5.74, 6) is -2.00. The van der Waals surface area contributed by atoms with E-state index in [1.807, 2.05) is 34.6 Å². The van der Waals surface area contributed by atoms with Gasteiger partial charge < -0.3 is 19.6 Å². The van der Waals surface area contributed by atoms with Gasteiger partial charge in [-0.2, -0.15) is 0 Å². The normalized spacial score (nSPS) is 32.9. The quantitative estimate of drug-likeness (QED) is 0.286. The molecule has 0 aromatic rings.